The van der Waals surface area contributed by atoms with E-state index in [1.807, 2.05) is 18.2 Å². The van der Waals surface area contributed by atoms with Crippen molar-refractivity contribution < 1.29 is 23.8 Å². The van der Waals surface area contributed by atoms with Gasteiger partial charge < -0.3 is 24.4 Å². The van der Waals surface area contributed by atoms with Gasteiger partial charge in [-0.1, -0.05) is 11.6 Å². The highest BCUT2D eigenvalue weighted by Gasteiger charge is 2.41. The van der Waals surface area contributed by atoms with Crippen molar-refractivity contribution in [1.29, 1.82) is 0 Å². The number of nitrogens with one attached hydrogen (secondary N) is 1. The van der Waals surface area contributed by atoms with Crippen LogP contribution in [0, 0.1) is 5.92 Å². The van der Waals surface area contributed by atoms with Gasteiger partial charge in [0.15, 0.2) is 0 Å². The topological polar surface area (TPSA) is 77.1 Å². The summed E-state index contributed by atoms with van der Waals surface area (Å²) in [6.07, 6.45) is 0. The number of hydrogen-bond acceptors (Lipinski definition) is 5. The maximum absolute atomic E-state index is 13.1. The summed E-state index contributed by atoms with van der Waals surface area (Å²) in [6.45, 7) is 1.50. The molecule has 2 atom stereocenters. The van der Waals surface area contributed by atoms with E-state index in [0.717, 1.165) is 5.56 Å². The zero-order chi connectivity index (χ0) is 22.4. The molecule has 1 fully saturated rings. The highest BCUT2D eigenvalue weighted by molar-refractivity contribution is 6.30. The van der Waals surface area contributed by atoms with Crippen LogP contribution in [0.2, 0.25) is 5.02 Å². The van der Waals surface area contributed by atoms with Gasteiger partial charge in [-0.25, -0.2) is 0 Å². The molecule has 1 saturated heterocycles. The molecule has 0 aliphatic carbocycles. The van der Waals surface area contributed by atoms with Crippen LogP contribution in [0.5, 0.6) is 11.5 Å². The molecule has 0 aromatic heterocycles. The third kappa shape index (κ3) is 5.29. The van der Waals surface area contributed by atoms with Gasteiger partial charge in [0, 0.05) is 48.8 Å². The molecule has 0 saturated carbocycles. The predicted octanol–water partition coefficient (Wildman–Crippen LogP) is 2.98. The molecule has 1 aliphatic heterocycles. The Morgan fingerprint density at radius 2 is 1.81 bits per heavy atom. The second-order valence-electron chi connectivity index (χ2n) is 7.32. The molecule has 0 bridgehead atoms. The second kappa shape index (κ2) is 10.5. The average Bonchev–Trinajstić information content (AvgIpc) is 3.24. The van der Waals surface area contributed by atoms with Crippen molar-refractivity contribution in [2.45, 2.75) is 5.92 Å². The van der Waals surface area contributed by atoms with E-state index in [1.165, 1.54) is 0 Å². The van der Waals surface area contributed by atoms with E-state index in [0.29, 0.717) is 48.3 Å². The number of rotatable bonds is 8. The summed E-state index contributed by atoms with van der Waals surface area (Å²) in [7, 11) is 4.76. The first kappa shape index (κ1) is 22.9. The van der Waals surface area contributed by atoms with Crippen molar-refractivity contribution in [3.63, 3.8) is 0 Å². The number of benzene rings is 2. The normalized spacial score (nSPS) is 18.0. The lowest BCUT2D eigenvalue weighted by Gasteiger charge is -2.21. The molecule has 166 valence electrons. The van der Waals surface area contributed by atoms with Crippen molar-refractivity contribution in [1.82, 2.24) is 10.2 Å². The van der Waals surface area contributed by atoms with Crippen LogP contribution in [0.3, 0.4) is 0 Å². The summed E-state index contributed by atoms with van der Waals surface area (Å²) in [5.74, 6) is 0.366. The smallest absolute Gasteiger partial charge is 0.253 e. The van der Waals surface area contributed by atoms with Gasteiger partial charge in [-0.15, -0.1) is 0 Å². The Morgan fingerprint density at radius 3 is 2.45 bits per heavy atom. The van der Waals surface area contributed by atoms with Gasteiger partial charge in [0.2, 0.25) is 5.91 Å². The number of carbonyl (C=O) groups excluding carboxylic acids is 2. The lowest BCUT2D eigenvalue weighted by atomic mass is 9.87. The quantitative estimate of drug-likeness (QED) is 0.631. The van der Waals surface area contributed by atoms with Crippen LogP contribution in [-0.2, 0) is 9.53 Å². The van der Waals surface area contributed by atoms with E-state index in [9.17, 15) is 9.59 Å². The SMILES string of the molecule is COCCNC(=O)C1CN(C(=O)c2ccc(Cl)cc2)CC1c1cc(OC)ccc1OC. The third-order valence-electron chi connectivity index (χ3n) is 5.48. The fraction of sp³-hybridized carbons (Fsp3) is 0.391. The van der Waals surface area contributed by atoms with Crippen LogP contribution in [0.15, 0.2) is 42.5 Å². The van der Waals surface area contributed by atoms with E-state index in [1.54, 1.807) is 50.5 Å². The second-order valence-corrected chi connectivity index (χ2v) is 7.76. The van der Waals surface area contributed by atoms with E-state index in [2.05, 4.69) is 5.32 Å². The van der Waals surface area contributed by atoms with Gasteiger partial charge in [0.25, 0.3) is 5.91 Å². The molecule has 0 spiro atoms. The van der Waals surface area contributed by atoms with Gasteiger partial charge in [-0.05, 0) is 42.5 Å². The molecule has 7 nitrogen and oxygen atoms in total. The van der Waals surface area contributed by atoms with Crippen LogP contribution in [0.4, 0.5) is 0 Å². The van der Waals surface area contributed by atoms with Crippen LogP contribution < -0.4 is 14.8 Å². The molecule has 8 heteroatoms. The summed E-state index contributed by atoms with van der Waals surface area (Å²) in [5.41, 5.74) is 1.36. The summed E-state index contributed by atoms with van der Waals surface area (Å²) < 4.78 is 16.0. The standard InChI is InChI=1S/C23H27ClN2O5/c1-29-11-10-25-22(27)20-14-26(23(28)15-4-6-16(24)7-5-15)13-19(20)18-12-17(30-2)8-9-21(18)31-3/h4-9,12,19-20H,10-11,13-14H2,1-3H3,(H,25,27). The Morgan fingerprint density at radius 1 is 1.06 bits per heavy atom. The summed E-state index contributed by atoms with van der Waals surface area (Å²) in [5, 5.41) is 3.47. The number of nitrogens with zero attached hydrogens (tertiary/aromatic N) is 1. The van der Waals surface area contributed by atoms with Crippen LogP contribution in [0.1, 0.15) is 21.8 Å². The molecule has 2 amide bonds. The van der Waals surface area contributed by atoms with Crippen LogP contribution in [-0.4, -0.2) is 64.3 Å². The van der Waals surface area contributed by atoms with Crippen molar-refractivity contribution in [2.75, 3.05) is 47.6 Å². The van der Waals surface area contributed by atoms with Gasteiger partial charge in [-0.3, -0.25) is 9.59 Å². The summed E-state index contributed by atoms with van der Waals surface area (Å²) in [6, 6.07) is 12.2. The van der Waals surface area contributed by atoms with E-state index in [4.69, 9.17) is 25.8 Å². The zero-order valence-electron chi connectivity index (χ0n) is 17.9. The molecule has 1 aliphatic rings. The fourth-order valence-electron chi connectivity index (χ4n) is 3.86. The van der Waals surface area contributed by atoms with Gasteiger partial charge in [0.05, 0.1) is 26.7 Å². The van der Waals surface area contributed by atoms with Crippen LogP contribution in [0.25, 0.3) is 0 Å². The largest absolute Gasteiger partial charge is 0.497 e. The molecule has 2 aromatic rings. The van der Waals surface area contributed by atoms with Crippen molar-refractivity contribution >= 4 is 23.4 Å². The van der Waals surface area contributed by atoms with Gasteiger partial charge in [0.1, 0.15) is 11.5 Å². The van der Waals surface area contributed by atoms with Crippen molar-refractivity contribution in [3.8, 4) is 11.5 Å². The molecular formula is C23H27ClN2O5. The highest BCUT2D eigenvalue weighted by atomic mass is 35.5. The number of hydrogen-bond donors (Lipinski definition) is 1. The fourth-order valence-corrected chi connectivity index (χ4v) is 3.99. The molecule has 2 aromatic carbocycles. The van der Waals surface area contributed by atoms with Gasteiger partial charge in [-0.2, -0.15) is 0 Å². The minimum atomic E-state index is -0.436. The molecule has 2 unspecified atom stereocenters. The average molecular weight is 447 g/mol. The van der Waals surface area contributed by atoms with E-state index in [-0.39, 0.29) is 17.7 Å². The Balaban J connectivity index is 1.91. The third-order valence-corrected chi connectivity index (χ3v) is 5.73. The van der Waals surface area contributed by atoms with Crippen LogP contribution >= 0.6 is 11.6 Å². The number of halogens is 1. The number of likely N-dealkylation sites (tertiary alicyclic amines) is 1. The molecule has 1 heterocycles. The Hall–Kier alpha value is -2.77. The zero-order valence-corrected chi connectivity index (χ0v) is 18.6. The molecule has 31 heavy (non-hydrogen) atoms. The van der Waals surface area contributed by atoms with E-state index >= 15 is 0 Å². The summed E-state index contributed by atoms with van der Waals surface area (Å²) >= 11 is 5.95. The Labute approximate surface area is 187 Å². The minimum absolute atomic E-state index is 0.127. The number of ether oxygens (including phenoxy) is 3. The number of methoxy groups -OCH3 is 3. The monoisotopic (exact) mass is 446 g/mol. The molecule has 0 radical (unpaired) electrons. The Kier molecular flexibility index (Phi) is 7.76. The van der Waals surface area contributed by atoms with Crippen molar-refractivity contribution in [2.24, 2.45) is 5.92 Å². The minimum Gasteiger partial charge on any atom is -0.497 e. The molecular weight excluding hydrogens is 420 g/mol. The maximum Gasteiger partial charge on any atom is 0.253 e. The lowest BCUT2D eigenvalue weighted by molar-refractivity contribution is -0.125. The van der Waals surface area contributed by atoms with Crippen molar-refractivity contribution in [3.05, 3.63) is 58.6 Å². The number of carbonyl (C=O) groups is 2. The summed E-state index contributed by atoms with van der Waals surface area (Å²) in [4.78, 5) is 27.8. The maximum atomic E-state index is 13.1. The highest BCUT2D eigenvalue weighted by Crippen LogP contribution is 2.40. The Bertz CT molecular complexity index is 919. The van der Waals surface area contributed by atoms with Gasteiger partial charge >= 0.3 is 0 Å². The lowest BCUT2D eigenvalue weighted by Crippen LogP contribution is -2.37. The number of amides is 2. The first-order chi connectivity index (χ1) is 15.0. The first-order valence-electron chi connectivity index (χ1n) is 10.0. The van der Waals surface area contributed by atoms with E-state index < -0.39 is 5.92 Å². The predicted molar refractivity (Wildman–Crippen MR) is 118 cm³/mol. The molecule has 3 rings (SSSR count). The molecule has 1 N–H and O–H groups in total. The first-order valence-corrected chi connectivity index (χ1v) is 10.4.